The molecule has 0 fully saturated rings. The third-order valence-corrected chi connectivity index (χ3v) is 8.43. The number of nitrogens with zero attached hydrogens (tertiary/aromatic N) is 1. The minimum atomic E-state index is 1.06. The quantitative estimate of drug-likeness (QED) is 0.213. The SMILES string of the molecule is c1ccc(-c2ccc(-c3ccccc3Nc3ccc(-c4ccc(-n5c6ccccc6c6ccccc65)cc4)cc3)cc2)cc1. The van der Waals surface area contributed by atoms with Crippen molar-refractivity contribution in [3.8, 4) is 39.1 Å². The Morgan fingerprint density at radius 1 is 0.341 bits per heavy atom. The molecule has 0 aliphatic heterocycles. The fraction of sp³-hybridized carbons (Fsp3) is 0. The van der Waals surface area contributed by atoms with E-state index < -0.39 is 0 Å². The molecule has 7 aromatic carbocycles. The number of aromatic nitrogens is 1. The molecule has 1 aromatic heterocycles. The van der Waals surface area contributed by atoms with Crippen LogP contribution in [0.2, 0.25) is 0 Å². The number of benzene rings is 7. The number of anilines is 2. The van der Waals surface area contributed by atoms with Gasteiger partial charge in [0.2, 0.25) is 0 Å². The summed E-state index contributed by atoms with van der Waals surface area (Å²) in [6, 6.07) is 62.6. The highest BCUT2D eigenvalue weighted by Gasteiger charge is 2.12. The van der Waals surface area contributed by atoms with Crippen molar-refractivity contribution in [2.75, 3.05) is 5.32 Å². The van der Waals surface area contributed by atoms with Gasteiger partial charge >= 0.3 is 0 Å². The van der Waals surface area contributed by atoms with E-state index in [1.54, 1.807) is 0 Å². The van der Waals surface area contributed by atoms with E-state index in [0.29, 0.717) is 0 Å². The Balaban J connectivity index is 1.04. The average Bonchev–Trinajstić information content (AvgIpc) is 3.44. The normalized spacial score (nSPS) is 11.2. The number of fused-ring (bicyclic) bond motifs is 3. The largest absolute Gasteiger partial charge is 0.355 e. The van der Waals surface area contributed by atoms with Crippen molar-refractivity contribution < 1.29 is 0 Å². The minimum absolute atomic E-state index is 1.06. The summed E-state index contributed by atoms with van der Waals surface area (Å²) in [5.74, 6) is 0. The van der Waals surface area contributed by atoms with Crippen LogP contribution in [0.4, 0.5) is 11.4 Å². The minimum Gasteiger partial charge on any atom is -0.355 e. The average molecular weight is 563 g/mol. The fourth-order valence-corrected chi connectivity index (χ4v) is 6.22. The van der Waals surface area contributed by atoms with Crippen LogP contribution < -0.4 is 5.32 Å². The summed E-state index contributed by atoms with van der Waals surface area (Å²) in [6.07, 6.45) is 0. The van der Waals surface area contributed by atoms with Gasteiger partial charge in [-0.2, -0.15) is 0 Å². The van der Waals surface area contributed by atoms with Crippen molar-refractivity contribution in [1.82, 2.24) is 4.57 Å². The molecule has 0 amide bonds. The lowest BCUT2D eigenvalue weighted by Crippen LogP contribution is -1.94. The molecule has 1 heterocycles. The first-order valence-corrected chi connectivity index (χ1v) is 15.0. The highest BCUT2D eigenvalue weighted by atomic mass is 15.0. The Bertz CT molecular complexity index is 2150. The van der Waals surface area contributed by atoms with Crippen LogP contribution in [0.3, 0.4) is 0 Å². The van der Waals surface area contributed by atoms with E-state index in [9.17, 15) is 0 Å². The van der Waals surface area contributed by atoms with Crippen LogP contribution in [-0.4, -0.2) is 4.57 Å². The molecule has 0 unspecified atom stereocenters. The van der Waals surface area contributed by atoms with Gasteiger partial charge in [0.1, 0.15) is 0 Å². The molecular formula is C42H30N2. The van der Waals surface area contributed by atoms with Gasteiger partial charge in [0.15, 0.2) is 0 Å². The van der Waals surface area contributed by atoms with Crippen molar-refractivity contribution in [2.24, 2.45) is 0 Å². The molecule has 44 heavy (non-hydrogen) atoms. The van der Waals surface area contributed by atoms with Gasteiger partial charge in [-0.15, -0.1) is 0 Å². The van der Waals surface area contributed by atoms with E-state index in [1.807, 2.05) is 0 Å². The zero-order chi connectivity index (χ0) is 29.3. The third kappa shape index (κ3) is 4.73. The summed E-state index contributed by atoms with van der Waals surface area (Å²) in [7, 11) is 0. The lowest BCUT2D eigenvalue weighted by Gasteiger charge is -2.14. The van der Waals surface area contributed by atoms with Crippen LogP contribution >= 0.6 is 0 Å². The van der Waals surface area contributed by atoms with Crippen LogP contribution in [0.15, 0.2) is 176 Å². The van der Waals surface area contributed by atoms with Crippen molar-refractivity contribution in [3.63, 3.8) is 0 Å². The molecular weight excluding hydrogens is 532 g/mol. The van der Waals surface area contributed by atoms with Crippen LogP contribution in [-0.2, 0) is 0 Å². The van der Waals surface area contributed by atoms with Gasteiger partial charge in [0.25, 0.3) is 0 Å². The number of nitrogens with one attached hydrogen (secondary N) is 1. The predicted octanol–water partition coefficient (Wildman–Crippen LogP) is 11.5. The Labute approximate surface area is 257 Å². The Kier molecular flexibility index (Phi) is 6.51. The summed E-state index contributed by atoms with van der Waals surface area (Å²) in [5, 5.41) is 6.21. The molecule has 1 N–H and O–H groups in total. The molecule has 0 aliphatic carbocycles. The van der Waals surface area contributed by atoms with Crippen molar-refractivity contribution in [3.05, 3.63) is 176 Å². The highest BCUT2D eigenvalue weighted by molar-refractivity contribution is 6.09. The second kappa shape index (κ2) is 11.1. The van der Waals surface area contributed by atoms with Gasteiger partial charge in [-0.1, -0.05) is 133 Å². The molecule has 8 aromatic rings. The molecule has 208 valence electrons. The zero-order valence-corrected chi connectivity index (χ0v) is 24.2. The van der Waals surface area contributed by atoms with Gasteiger partial charge in [0.05, 0.1) is 11.0 Å². The predicted molar refractivity (Wildman–Crippen MR) is 187 cm³/mol. The lowest BCUT2D eigenvalue weighted by molar-refractivity contribution is 1.18. The Hall–Kier alpha value is -5.86. The van der Waals surface area contributed by atoms with Gasteiger partial charge in [-0.05, 0) is 70.3 Å². The molecule has 0 bridgehead atoms. The second-order valence-electron chi connectivity index (χ2n) is 11.1. The fourth-order valence-electron chi connectivity index (χ4n) is 6.22. The number of hydrogen-bond donors (Lipinski definition) is 1. The van der Waals surface area contributed by atoms with Crippen LogP contribution in [0.25, 0.3) is 60.9 Å². The molecule has 0 aliphatic rings. The molecule has 2 nitrogen and oxygen atoms in total. The molecule has 0 radical (unpaired) electrons. The summed E-state index contributed by atoms with van der Waals surface area (Å²) in [4.78, 5) is 0. The maximum Gasteiger partial charge on any atom is 0.0541 e. The Morgan fingerprint density at radius 3 is 1.43 bits per heavy atom. The lowest BCUT2D eigenvalue weighted by atomic mass is 9.99. The first-order valence-electron chi connectivity index (χ1n) is 15.0. The van der Waals surface area contributed by atoms with Crippen LogP contribution in [0.1, 0.15) is 0 Å². The first kappa shape index (κ1) is 25.8. The molecule has 0 saturated heterocycles. The van der Waals surface area contributed by atoms with Crippen LogP contribution in [0.5, 0.6) is 0 Å². The summed E-state index contributed by atoms with van der Waals surface area (Å²) < 4.78 is 2.36. The molecule has 0 atom stereocenters. The van der Waals surface area contributed by atoms with Crippen molar-refractivity contribution >= 4 is 33.2 Å². The first-order chi connectivity index (χ1) is 21.8. The van der Waals surface area contributed by atoms with E-state index in [-0.39, 0.29) is 0 Å². The monoisotopic (exact) mass is 562 g/mol. The van der Waals surface area contributed by atoms with Crippen molar-refractivity contribution in [2.45, 2.75) is 0 Å². The smallest absolute Gasteiger partial charge is 0.0541 e. The summed E-state index contributed by atoms with van der Waals surface area (Å²) in [6.45, 7) is 0. The van der Waals surface area contributed by atoms with E-state index in [1.165, 1.54) is 55.2 Å². The summed E-state index contributed by atoms with van der Waals surface area (Å²) in [5.41, 5.74) is 13.0. The topological polar surface area (TPSA) is 17.0 Å². The van der Waals surface area contributed by atoms with Gasteiger partial charge in [-0.3, -0.25) is 0 Å². The van der Waals surface area contributed by atoms with Gasteiger partial charge < -0.3 is 9.88 Å². The standard InChI is InChI=1S/C42H30N2/c1-2-10-30(11-3-1)31-18-20-34(21-19-31)37-12-4-7-15-40(37)43-35-26-22-32(23-27-35)33-24-28-36(29-25-33)44-41-16-8-5-13-38(41)39-14-6-9-17-42(39)44/h1-29,43H. The number of para-hydroxylation sites is 3. The molecule has 0 saturated carbocycles. The van der Waals surface area contributed by atoms with E-state index >= 15 is 0 Å². The zero-order valence-electron chi connectivity index (χ0n) is 24.2. The maximum absolute atomic E-state index is 3.65. The number of rotatable bonds is 6. The Morgan fingerprint density at radius 2 is 0.795 bits per heavy atom. The van der Waals surface area contributed by atoms with E-state index in [0.717, 1.165) is 17.1 Å². The summed E-state index contributed by atoms with van der Waals surface area (Å²) >= 11 is 0. The molecule has 0 spiro atoms. The second-order valence-corrected chi connectivity index (χ2v) is 11.1. The number of hydrogen-bond acceptors (Lipinski definition) is 1. The van der Waals surface area contributed by atoms with Crippen LogP contribution in [0, 0.1) is 0 Å². The molecule has 8 rings (SSSR count). The molecule has 2 heteroatoms. The van der Waals surface area contributed by atoms with E-state index in [2.05, 4.69) is 186 Å². The van der Waals surface area contributed by atoms with Gasteiger partial charge in [0, 0.05) is 33.4 Å². The third-order valence-electron chi connectivity index (χ3n) is 8.43. The maximum atomic E-state index is 3.65. The highest BCUT2D eigenvalue weighted by Crippen LogP contribution is 2.34. The van der Waals surface area contributed by atoms with Crippen molar-refractivity contribution in [1.29, 1.82) is 0 Å². The van der Waals surface area contributed by atoms with Gasteiger partial charge in [-0.25, -0.2) is 0 Å². The van der Waals surface area contributed by atoms with E-state index in [4.69, 9.17) is 0 Å².